The number of fused-ring (bicyclic) bond motifs is 2. The number of carbonyl (C=O) groups is 2. The van der Waals surface area contributed by atoms with Gasteiger partial charge in [-0.15, -0.1) is 0 Å². The number of carboxylic acid groups (broad SMARTS) is 1. The maximum Gasteiger partial charge on any atom is 0.416 e. The number of hydrogen-bond acceptors (Lipinski definition) is 10. The van der Waals surface area contributed by atoms with Crippen LogP contribution in [0.1, 0.15) is 56.9 Å². The van der Waals surface area contributed by atoms with Crippen molar-refractivity contribution in [3.8, 4) is 11.5 Å². The topological polar surface area (TPSA) is 125 Å². The molecule has 1 aromatic carbocycles. The highest BCUT2D eigenvalue weighted by Gasteiger charge is 2.49. The number of methoxy groups -OCH3 is 3. The summed E-state index contributed by atoms with van der Waals surface area (Å²) in [6, 6.07) is 3.22. The van der Waals surface area contributed by atoms with E-state index in [9.17, 15) is 9.59 Å². The first-order chi connectivity index (χ1) is 20.4. The van der Waals surface area contributed by atoms with Crippen molar-refractivity contribution in [2.45, 2.75) is 75.7 Å². The number of carboxylic acids is 1. The van der Waals surface area contributed by atoms with Crippen LogP contribution in [0.25, 0.3) is 0 Å². The summed E-state index contributed by atoms with van der Waals surface area (Å²) in [5.74, 6) is -1.47. The van der Waals surface area contributed by atoms with E-state index in [1.54, 1.807) is 26.4 Å². The normalized spacial score (nSPS) is 24.0. The van der Waals surface area contributed by atoms with Crippen molar-refractivity contribution in [2.24, 2.45) is 0 Å². The maximum atomic E-state index is 14.0. The van der Waals surface area contributed by atoms with Crippen LogP contribution in [0.4, 0.5) is 10.5 Å². The highest BCUT2D eigenvalue weighted by atomic mass is 16.7. The molecule has 2 saturated heterocycles. The zero-order valence-electron chi connectivity index (χ0n) is 24.9. The molecule has 3 aliphatic heterocycles. The van der Waals surface area contributed by atoms with Crippen LogP contribution in [-0.4, -0.2) is 94.9 Å². The molecule has 3 atom stereocenters. The van der Waals surface area contributed by atoms with Crippen molar-refractivity contribution in [1.82, 2.24) is 4.90 Å². The average molecular weight is 593 g/mol. The number of anilines is 1. The van der Waals surface area contributed by atoms with Gasteiger partial charge in [-0.05, 0) is 51.1 Å². The van der Waals surface area contributed by atoms with Gasteiger partial charge < -0.3 is 38.3 Å². The van der Waals surface area contributed by atoms with Crippen molar-refractivity contribution < 1.29 is 47.9 Å². The molecule has 4 rings (SSSR count). The summed E-state index contributed by atoms with van der Waals surface area (Å²) in [5.41, 5.74) is 0.938. The van der Waals surface area contributed by atoms with Crippen LogP contribution in [0.3, 0.4) is 0 Å². The predicted octanol–water partition coefficient (Wildman–Crippen LogP) is 4.25. The number of ether oxygens (including phenoxy) is 7. The molecule has 3 heterocycles. The number of rotatable bonds is 12. The SMILES string of the molecule is C=CCOC(=O)N1c2cc(OCCCC(=O)O)c(OC)cc2C(OC)(OC)CN2CCCC[C@H]2[C@@H]1OC1CCCCO1. The van der Waals surface area contributed by atoms with Crippen LogP contribution in [0.2, 0.25) is 0 Å². The second-order valence-electron chi connectivity index (χ2n) is 10.6. The van der Waals surface area contributed by atoms with E-state index in [0.717, 1.165) is 38.6 Å². The van der Waals surface area contributed by atoms with Gasteiger partial charge in [0.25, 0.3) is 0 Å². The molecule has 1 unspecified atom stereocenters. The van der Waals surface area contributed by atoms with Gasteiger partial charge in [-0.3, -0.25) is 9.69 Å². The molecule has 0 aliphatic carbocycles. The Labute approximate surface area is 247 Å². The molecule has 0 radical (unpaired) electrons. The highest BCUT2D eigenvalue weighted by molar-refractivity contribution is 5.90. The molecule has 0 bridgehead atoms. The van der Waals surface area contributed by atoms with Crippen molar-refractivity contribution in [3.63, 3.8) is 0 Å². The molecule has 0 aromatic heterocycles. The third-order valence-corrected chi connectivity index (χ3v) is 8.01. The maximum absolute atomic E-state index is 14.0. The lowest BCUT2D eigenvalue weighted by Crippen LogP contribution is -2.62. The summed E-state index contributed by atoms with van der Waals surface area (Å²) in [4.78, 5) is 28.8. The third-order valence-electron chi connectivity index (χ3n) is 8.01. The van der Waals surface area contributed by atoms with Crippen LogP contribution >= 0.6 is 0 Å². The van der Waals surface area contributed by atoms with E-state index in [0.29, 0.717) is 48.7 Å². The van der Waals surface area contributed by atoms with Gasteiger partial charge in [-0.25, -0.2) is 9.69 Å². The summed E-state index contributed by atoms with van der Waals surface area (Å²) in [7, 11) is 4.65. The van der Waals surface area contributed by atoms with Crippen LogP contribution in [0.15, 0.2) is 24.8 Å². The van der Waals surface area contributed by atoms with E-state index in [1.807, 2.05) is 0 Å². The smallest absolute Gasteiger partial charge is 0.416 e. The highest BCUT2D eigenvalue weighted by Crippen LogP contribution is 2.46. The molecule has 2 fully saturated rings. The van der Waals surface area contributed by atoms with E-state index in [4.69, 9.17) is 38.3 Å². The number of piperidine rings is 1. The number of aliphatic carboxylic acids is 1. The van der Waals surface area contributed by atoms with Gasteiger partial charge in [0.2, 0.25) is 5.79 Å². The van der Waals surface area contributed by atoms with Gasteiger partial charge in [0.1, 0.15) is 6.61 Å². The van der Waals surface area contributed by atoms with Crippen LogP contribution in [0, 0.1) is 0 Å². The second-order valence-corrected chi connectivity index (χ2v) is 10.6. The zero-order valence-corrected chi connectivity index (χ0v) is 24.9. The van der Waals surface area contributed by atoms with Crippen LogP contribution in [-0.2, 0) is 34.3 Å². The van der Waals surface area contributed by atoms with Gasteiger partial charge in [0, 0.05) is 38.9 Å². The van der Waals surface area contributed by atoms with E-state index in [1.165, 1.54) is 18.1 Å². The monoisotopic (exact) mass is 592 g/mol. The molecule has 1 N–H and O–H groups in total. The lowest BCUT2D eigenvalue weighted by Gasteiger charge is -2.50. The van der Waals surface area contributed by atoms with E-state index in [-0.39, 0.29) is 25.7 Å². The van der Waals surface area contributed by atoms with Crippen molar-refractivity contribution in [2.75, 3.05) is 59.1 Å². The fourth-order valence-electron chi connectivity index (χ4n) is 5.89. The molecule has 3 aliphatic rings. The van der Waals surface area contributed by atoms with Crippen molar-refractivity contribution >= 4 is 17.7 Å². The fraction of sp³-hybridized carbons (Fsp3) is 0.667. The Morgan fingerprint density at radius 1 is 1.12 bits per heavy atom. The number of carbonyl (C=O) groups excluding carboxylic acids is 1. The zero-order chi connectivity index (χ0) is 30.1. The predicted molar refractivity (Wildman–Crippen MR) is 153 cm³/mol. The Hall–Kier alpha value is -2.90. The molecule has 234 valence electrons. The first-order valence-electron chi connectivity index (χ1n) is 14.6. The minimum Gasteiger partial charge on any atom is -0.493 e. The standard InChI is InChI=1S/C30H44N2O10/c1-5-15-41-29(35)32-23-19-25(39-17-10-12-26(33)34)24(36-2)18-21(23)30(37-3,38-4)20-31-14-8-6-11-22(31)28(32)42-27-13-7-9-16-40-27/h5,18-19,22,27-28H,1,6-17,20H2,2-4H3,(H,33,34)/t22-,27?,28-/m0/s1. The summed E-state index contributed by atoms with van der Waals surface area (Å²) >= 11 is 0. The van der Waals surface area contributed by atoms with Crippen molar-refractivity contribution in [3.05, 3.63) is 30.4 Å². The molecule has 12 heteroatoms. The van der Waals surface area contributed by atoms with Gasteiger partial charge in [-0.1, -0.05) is 19.1 Å². The van der Waals surface area contributed by atoms with E-state index >= 15 is 0 Å². The Kier molecular flexibility index (Phi) is 11.4. The third kappa shape index (κ3) is 7.17. The number of nitrogens with zero attached hydrogens (tertiary/aromatic N) is 2. The fourth-order valence-corrected chi connectivity index (χ4v) is 5.89. The lowest BCUT2D eigenvalue weighted by molar-refractivity contribution is -0.243. The molecule has 1 amide bonds. The minimum absolute atomic E-state index is 0.0000940. The molecular weight excluding hydrogens is 548 g/mol. The Bertz CT molecular complexity index is 1070. The Morgan fingerprint density at radius 2 is 1.90 bits per heavy atom. The molecule has 12 nitrogen and oxygen atoms in total. The van der Waals surface area contributed by atoms with Gasteiger partial charge in [0.05, 0.1) is 32.0 Å². The first kappa shape index (κ1) is 32.0. The van der Waals surface area contributed by atoms with Gasteiger partial charge >= 0.3 is 12.1 Å². The van der Waals surface area contributed by atoms with Crippen LogP contribution in [0.5, 0.6) is 11.5 Å². The van der Waals surface area contributed by atoms with E-state index in [2.05, 4.69) is 11.5 Å². The van der Waals surface area contributed by atoms with E-state index < -0.39 is 30.4 Å². The average Bonchev–Trinajstić information content (AvgIpc) is 3.00. The Balaban J connectivity index is 1.89. The summed E-state index contributed by atoms with van der Waals surface area (Å²) in [5, 5.41) is 9.06. The number of benzene rings is 1. The molecule has 0 saturated carbocycles. The molecular formula is C30H44N2O10. The van der Waals surface area contributed by atoms with Crippen LogP contribution < -0.4 is 14.4 Å². The number of hydrogen-bond donors (Lipinski definition) is 1. The lowest BCUT2D eigenvalue weighted by atomic mass is 9.92. The minimum atomic E-state index is -1.27. The summed E-state index contributed by atoms with van der Waals surface area (Å²) in [6.45, 7) is 5.56. The second kappa shape index (κ2) is 15.0. The largest absolute Gasteiger partial charge is 0.493 e. The molecule has 1 aromatic rings. The molecule has 42 heavy (non-hydrogen) atoms. The molecule has 0 spiro atoms. The first-order valence-corrected chi connectivity index (χ1v) is 14.6. The summed E-state index contributed by atoms with van der Waals surface area (Å²) in [6.07, 6.45) is 5.24. The van der Waals surface area contributed by atoms with Gasteiger partial charge in [-0.2, -0.15) is 0 Å². The number of amides is 1. The Morgan fingerprint density at radius 3 is 2.57 bits per heavy atom. The summed E-state index contributed by atoms with van der Waals surface area (Å²) < 4.78 is 42.2. The van der Waals surface area contributed by atoms with Crippen molar-refractivity contribution in [1.29, 1.82) is 0 Å². The quantitative estimate of drug-likeness (QED) is 0.213. The van der Waals surface area contributed by atoms with Gasteiger partial charge in [0.15, 0.2) is 24.0 Å².